The van der Waals surface area contributed by atoms with Crippen molar-refractivity contribution in [3.8, 4) is 0 Å². The minimum Gasteiger partial charge on any atom is -0.481 e. The van der Waals surface area contributed by atoms with Crippen LogP contribution < -0.4 is 0 Å². The number of carboxylic acid groups (broad SMARTS) is 1. The van der Waals surface area contributed by atoms with Crippen LogP contribution in [0.5, 0.6) is 0 Å². The zero-order valence-corrected chi connectivity index (χ0v) is 9.51. The van der Waals surface area contributed by atoms with Gasteiger partial charge in [0, 0.05) is 5.56 Å². The first-order valence-electron chi connectivity index (χ1n) is 5.48. The summed E-state index contributed by atoms with van der Waals surface area (Å²) in [6.07, 6.45) is 1.95. The summed E-state index contributed by atoms with van der Waals surface area (Å²) >= 11 is 0. The Hall–Kier alpha value is -1.38. The highest BCUT2D eigenvalue weighted by Gasteiger charge is 2.48. The summed E-state index contributed by atoms with van der Waals surface area (Å²) in [6, 6.07) is 3.07. The molecule has 1 aromatic carbocycles. The van der Waals surface area contributed by atoms with Crippen LogP contribution in [0, 0.1) is 19.7 Å². The van der Waals surface area contributed by atoms with Crippen molar-refractivity contribution in [2.75, 3.05) is 0 Å². The molecule has 0 heterocycles. The van der Waals surface area contributed by atoms with Gasteiger partial charge in [0.05, 0.1) is 5.41 Å². The normalized spacial score (nSPS) is 17.9. The Kier molecular flexibility index (Phi) is 2.49. The largest absolute Gasteiger partial charge is 0.481 e. The summed E-state index contributed by atoms with van der Waals surface area (Å²) in [5.41, 5.74) is 1.15. The van der Waals surface area contributed by atoms with Crippen LogP contribution in [0.25, 0.3) is 0 Å². The molecular formula is C13H15FO2. The van der Waals surface area contributed by atoms with Crippen LogP contribution in [0.2, 0.25) is 0 Å². The third-order valence-corrected chi connectivity index (χ3v) is 3.78. The van der Waals surface area contributed by atoms with Crippen molar-refractivity contribution < 1.29 is 14.3 Å². The molecule has 0 saturated heterocycles. The zero-order valence-electron chi connectivity index (χ0n) is 9.51. The first-order chi connectivity index (χ1) is 7.49. The quantitative estimate of drug-likeness (QED) is 0.835. The van der Waals surface area contributed by atoms with E-state index in [1.165, 1.54) is 6.07 Å². The number of hydrogen-bond donors (Lipinski definition) is 1. The van der Waals surface area contributed by atoms with Crippen LogP contribution in [0.3, 0.4) is 0 Å². The number of hydrogen-bond acceptors (Lipinski definition) is 1. The van der Waals surface area contributed by atoms with E-state index < -0.39 is 11.4 Å². The van der Waals surface area contributed by atoms with E-state index in [4.69, 9.17) is 0 Å². The second kappa shape index (κ2) is 3.58. The number of carboxylic acids is 1. The van der Waals surface area contributed by atoms with E-state index >= 15 is 0 Å². The fraction of sp³-hybridized carbons (Fsp3) is 0.462. The first-order valence-corrected chi connectivity index (χ1v) is 5.48. The summed E-state index contributed by atoms with van der Waals surface area (Å²) in [7, 11) is 0. The average Bonchev–Trinajstić information content (AvgIpc) is 2.15. The molecule has 0 spiro atoms. The van der Waals surface area contributed by atoms with Gasteiger partial charge >= 0.3 is 5.97 Å². The SMILES string of the molecule is Cc1ccc(F)c(C2(C(=O)O)CCC2)c1C. The zero-order chi connectivity index (χ0) is 11.9. The molecule has 0 bridgehead atoms. The van der Waals surface area contributed by atoms with Gasteiger partial charge in [0.2, 0.25) is 0 Å². The van der Waals surface area contributed by atoms with Crippen molar-refractivity contribution in [2.45, 2.75) is 38.5 Å². The van der Waals surface area contributed by atoms with Crippen molar-refractivity contribution in [1.82, 2.24) is 0 Å². The molecule has 1 saturated carbocycles. The molecule has 1 aliphatic carbocycles. The summed E-state index contributed by atoms with van der Waals surface area (Å²) < 4.78 is 13.8. The lowest BCUT2D eigenvalue weighted by Crippen LogP contribution is -2.43. The van der Waals surface area contributed by atoms with Crippen molar-refractivity contribution in [3.63, 3.8) is 0 Å². The van der Waals surface area contributed by atoms with Crippen LogP contribution in [-0.4, -0.2) is 11.1 Å². The molecule has 0 amide bonds. The lowest BCUT2D eigenvalue weighted by Gasteiger charge is -2.39. The number of benzene rings is 1. The molecule has 1 fully saturated rings. The minimum atomic E-state index is -0.972. The predicted octanol–water partition coefficient (Wildman–Crippen LogP) is 2.95. The van der Waals surface area contributed by atoms with Gasteiger partial charge in [0.15, 0.2) is 0 Å². The molecule has 1 aromatic rings. The van der Waals surface area contributed by atoms with Gasteiger partial charge in [-0.3, -0.25) is 4.79 Å². The van der Waals surface area contributed by atoms with Gasteiger partial charge < -0.3 is 5.11 Å². The summed E-state index contributed by atoms with van der Waals surface area (Å²) in [4.78, 5) is 11.4. The van der Waals surface area contributed by atoms with Gasteiger partial charge in [-0.05, 0) is 43.9 Å². The van der Waals surface area contributed by atoms with Gasteiger partial charge in [0.25, 0.3) is 0 Å². The summed E-state index contributed by atoms with van der Waals surface area (Å²) in [5.74, 6) is -1.28. The highest BCUT2D eigenvalue weighted by molar-refractivity contribution is 5.83. The monoisotopic (exact) mass is 222 g/mol. The third-order valence-electron chi connectivity index (χ3n) is 3.78. The van der Waals surface area contributed by atoms with E-state index in [2.05, 4.69) is 0 Å². The molecule has 1 aliphatic rings. The molecule has 2 rings (SSSR count). The van der Waals surface area contributed by atoms with Gasteiger partial charge in [0.1, 0.15) is 5.82 Å². The molecular weight excluding hydrogens is 207 g/mol. The molecule has 0 unspecified atom stereocenters. The molecule has 0 atom stereocenters. The van der Waals surface area contributed by atoms with Gasteiger partial charge in [-0.1, -0.05) is 12.5 Å². The summed E-state index contributed by atoms with van der Waals surface area (Å²) in [6.45, 7) is 3.68. The Labute approximate surface area is 94.1 Å². The highest BCUT2D eigenvalue weighted by atomic mass is 19.1. The van der Waals surface area contributed by atoms with E-state index in [1.54, 1.807) is 13.0 Å². The fourth-order valence-electron chi connectivity index (χ4n) is 2.47. The third kappa shape index (κ3) is 1.34. The second-order valence-corrected chi connectivity index (χ2v) is 4.61. The van der Waals surface area contributed by atoms with E-state index in [0.717, 1.165) is 17.5 Å². The molecule has 3 heteroatoms. The number of halogens is 1. The van der Waals surface area contributed by atoms with Crippen molar-refractivity contribution in [1.29, 1.82) is 0 Å². The maximum absolute atomic E-state index is 13.8. The smallest absolute Gasteiger partial charge is 0.314 e. The van der Waals surface area contributed by atoms with E-state index in [0.29, 0.717) is 18.4 Å². The van der Waals surface area contributed by atoms with Crippen molar-refractivity contribution in [3.05, 3.63) is 34.6 Å². The van der Waals surface area contributed by atoms with Crippen LogP contribution >= 0.6 is 0 Å². The van der Waals surface area contributed by atoms with Crippen molar-refractivity contribution in [2.24, 2.45) is 0 Å². The minimum absolute atomic E-state index is 0.384. The number of aryl methyl sites for hydroxylation is 1. The number of rotatable bonds is 2. The predicted molar refractivity (Wildman–Crippen MR) is 59.0 cm³/mol. The molecule has 0 aliphatic heterocycles. The van der Waals surface area contributed by atoms with Crippen LogP contribution in [0.1, 0.15) is 36.0 Å². The molecule has 16 heavy (non-hydrogen) atoms. The van der Waals surface area contributed by atoms with Gasteiger partial charge in [-0.25, -0.2) is 4.39 Å². The summed E-state index contributed by atoms with van der Waals surface area (Å²) in [5, 5.41) is 9.31. The molecule has 0 radical (unpaired) electrons. The first kappa shape index (κ1) is 11.1. The maximum atomic E-state index is 13.8. The molecule has 2 nitrogen and oxygen atoms in total. The van der Waals surface area contributed by atoms with Crippen LogP contribution in [0.15, 0.2) is 12.1 Å². The second-order valence-electron chi connectivity index (χ2n) is 4.61. The fourth-order valence-corrected chi connectivity index (χ4v) is 2.47. The van der Waals surface area contributed by atoms with E-state index in [-0.39, 0.29) is 5.82 Å². The standard InChI is InChI=1S/C13H15FO2/c1-8-4-5-10(14)11(9(8)2)13(12(15)16)6-3-7-13/h4-5H,3,6-7H2,1-2H3,(H,15,16). The highest BCUT2D eigenvalue weighted by Crippen LogP contribution is 2.46. The van der Waals surface area contributed by atoms with Crippen LogP contribution in [0.4, 0.5) is 4.39 Å². The van der Waals surface area contributed by atoms with Crippen LogP contribution in [-0.2, 0) is 10.2 Å². The maximum Gasteiger partial charge on any atom is 0.314 e. The van der Waals surface area contributed by atoms with E-state index in [9.17, 15) is 14.3 Å². The Balaban J connectivity index is 2.63. The van der Waals surface area contributed by atoms with E-state index in [1.807, 2.05) is 6.92 Å². The number of aliphatic carboxylic acids is 1. The van der Waals surface area contributed by atoms with Gasteiger partial charge in [-0.15, -0.1) is 0 Å². The number of carbonyl (C=O) groups is 1. The lowest BCUT2D eigenvalue weighted by molar-refractivity contribution is -0.147. The lowest BCUT2D eigenvalue weighted by atomic mass is 9.63. The topological polar surface area (TPSA) is 37.3 Å². The molecule has 86 valence electrons. The average molecular weight is 222 g/mol. The molecule has 0 aromatic heterocycles. The van der Waals surface area contributed by atoms with Crippen molar-refractivity contribution >= 4 is 5.97 Å². The Morgan fingerprint density at radius 3 is 2.44 bits per heavy atom. The Bertz CT molecular complexity index is 447. The Morgan fingerprint density at radius 2 is 2.00 bits per heavy atom. The Morgan fingerprint density at radius 1 is 1.38 bits per heavy atom. The van der Waals surface area contributed by atoms with Gasteiger partial charge in [-0.2, -0.15) is 0 Å². The molecule has 1 N–H and O–H groups in total.